The van der Waals surface area contributed by atoms with Gasteiger partial charge in [-0.1, -0.05) is 35.3 Å². The van der Waals surface area contributed by atoms with E-state index in [2.05, 4.69) is 6.92 Å². The summed E-state index contributed by atoms with van der Waals surface area (Å²) in [6.45, 7) is 1.94. The first kappa shape index (κ1) is 25.9. The van der Waals surface area contributed by atoms with Crippen LogP contribution in [0, 0.1) is 0 Å². The Morgan fingerprint density at radius 2 is 1.69 bits per heavy atom. The first-order chi connectivity index (χ1) is 17.2. The zero-order valence-electron chi connectivity index (χ0n) is 19.9. The second-order valence-electron chi connectivity index (χ2n) is 9.10. The van der Waals surface area contributed by atoms with Crippen molar-refractivity contribution in [2.45, 2.75) is 31.8 Å². The van der Waals surface area contributed by atoms with Crippen molar-refractivity contribution >= 4 is 35.1 Å². The first-order valence-electron chi connectivity index (χ1n) is 11.7. The van der Waals surface area contributed by atoms with E-state index in [-0.39, 0.29) is 24.7 Å². The van der Waals surface area contributed by atoms with E-state index < -0.39 is 12.5 Å². The molecule has 0 radical (unpaired) electrons. The second-order valence-corrected chi connectivity index (χ2v) is 9.97. The molecule has 0 bridgehead atoms. The Hall–Kier alpha value is -3.22. The zero-order chi connectivity index (χ0) is 25.7. The molecule has 1 aliphatic heterocycles. The van der Waals surface area contributed by atoms with Crippen molar-refractivity contribution in [3.05, 3.63) is 93.5 Å². The van der Waals surface area contributed by atoms with Gasteiger partial charge in [0.15, 0.2) is 0 Å². The predicted octanol–water partition coefficient (Wildman–Crippen LogP) is 5.93. The van der Waals surface area contributed by atoms with Crippen LogP contribution < -0.4 is 9.47 Å². The Morgan fingerprint density at radius 3 is 2.36 bits per heavy atom. The van der Waals surface area contributed by atoms with Gasteiger partial charge in [0, 0.05) is 22.0 Å². The number of halogens is 2. The Bertz CT molecular complexity index is 1230. The van der Waals surface area contributed by atoms with Crippen LogP contribution in [-0.2, 0) is 17.6 Å². The fourth-order valence-corrected chi connectivity index (χ4v) is 4.54. The number of rotatable bonds is 9. The van der Waals surface area contributed by atoms with Crippen LogP contribution >= 0.6 is 23.2 Å². The predicted molar refractivity (Wildman–Crippen MR) is 139 cm³/mol. The highest BCUT2D eigenvalue weighted by Crippen LogP contribution is 2.36. The quantitative estimate of drug-likeness (QED) is 0.373. The molecule has 0 aliphatic carbocycles. The third-order valence-corrected chi connectivity index (χ3v) is 6.64. The molecule has 1 heterocycles. The molecule has 8 heteroatoms. The number of carboxylic acid groups (broad SMARTS) is 1. The van der Waals surface area contributed by atoms with Gasteiger partial charge in [0.1, 0.15) is 30.3 Å². The van der Waals surface area contributed by atoms with Gasteiger partial charge in [-0.3, -0.25) is 9.59 Å². The van der Waals surface area contributed by atoms with E-state index in [0.29, 0.717) is 21.4 Å². The highest BCUT2D eigenvalue weighted by molar-refractivity contribution is 6.30. The lowest BCUT2D eigenvalue weighted by molar-refractivity contribution is -0.137. The van der Waals surface area contributed by atoms with Crippen LogP contribution in [0.1, 0.15) is 34.8 Å². The maximum absolute atomic E-state index is 13.2. The van der Waals surface area contributed by atoms with E-state index in [0.717, 1.165) is 36.1 Å². The molecule has 1 aliphatic rings. The molecule has 1 atom stereocenters. The Morgan fingerprint density at radius 1 is 1.03 bits per heavy atom. The van der Waals surface area contributed by atoms with Gasteiger partial charge in [-0.2, -0.15) is 0 Å². The second kappa shape index (κ2) is 11.2. The summed E-state index contributed by atoms with van der Waals surface area (Å²) in [5, 5.41) is 10.6. The largest absolute Gasteiger partial charge is 0.492 e. The summed E-state index contributed by atoms with van der Waals surface area (Å²) in [6, 6.07) is 19.9. The van der Waals surface area contributed by atoms with Crippen molar-refractivity contribution in [2.75, 3.05) is 19.7 Å². The van der Waals surface area contributed by atoms with Crippen LogP contribution in [0.4, 0.5) is 0 Å². The lowest BCUT2D eigenvalue weighted by Gasteiger charge is -2.36. The summed E-state index contributed by atoms with van der Waals surface area (Å²) >= 11 is 11.9. The van der Waals surface area contributed by atoms with E-state index in [1.807, 2.05) is 24.3 Å². The zero-order valence-corrected chi connectivity index (χ0v) is 21.4. The molecule has 188 valence electrons. The van der Waals surface area contributed by atoms with Gasteiger partial charge in [0.2, 0.25) is 0 Å². The fourth-order valence-electron chi connectivity index (χ4n) is 4.28. The monoisotopic (exact) mass is 527 g/mol. The van der Waals surface area contributed by atoms with E-state index in [1.54, 1.807) is 42.5 Å². The number of fused-ring (bicyclic) bond motifs is 1. The number of amides is 1. The van der Waals surface area contributed by atoms with E-state index in [1.165, 1.54) is 4.90 Å². The summed E-state index contributed by atoms with van der Waals surface area (Å²) in [6.07, 6.45) is 2.28. The van der Waals surface area contributed by atoms with Crippen LogP contribution in [0.3, 0.4) is 0 Å². The molecule has 4 rings (SSSR count). The molecule has 0 aromatic heterocycles. The number of carbonyl (C=O) groups excluding carboxylic acids is 1. The molecular formula is C28H27Cl2NO5. The summed E-state index contributed by atoms with van der Waals surface area (Å²) < 4.78 is 12.0. The third-order valence-electron chi connectivity index (χ3n) is 6.14. The maximum Gasteiger partial charge on any atom is 0.323 e. The average molecular weight is 528 g/mol. The minimum absolute atomic E-state index is 0.126. The topological polar surface area (TPSA) is 76.1 Å². The molecule has 1 N–H and O–H groups in total. The molecule has 0 spiro atoms. The summed E-state index contributed by atoms with van der Waals surface area (Å²) in [7, 11) is 0. The maximum atomic E-state index is 13.2. The number of aliphatic carboxylic acids is 1. The summed E-state index contributed by atoms with van der Waals surface area (Å²) in [5.41, 5.74) is 2.12. The number of nitrogens with zero attached hydrogens (tertiary/aromatic N) is 1. The number of hydrogen-bond donors (Lipinski definition) is 1. The number of carbonyl (C=O) groups is 2. The van der Waals surface area contributed by atoms with Crippen LogP contribution in [0.25, 0.3) is 0 Å². The van der Waals surface area contributed by atoms with Crippen molar-refractivity contribution in [2.24, 2.45) is 0 Å². The number of aryl methyl sites for hydroxylation is 1. The van der Waals surface area contributed by atoms with Crippen molar-refractivity contribution in [1.82, 2.24) is 4.90 Å². The molecule has 3 aromatic rings. The molecule has 0 saturated carbocycles. The Kier molecular flexibility index (Phi) is 8.07. The van der Waals surface area contributed by atoms with Crippen molar-refractivity contribution < 1.29 is 24.2 Å². The normalized spacial score (nSPS) is 16.5. The van der Waals surface area contributed by atoms with Gasteiger partial charge in [-0.15, -0.1) is 0 Å². The number of hydrogen-bond acceptors (Lipinski definition) is 4. The minimum atomic E-state index is -1.09. The van der Waals surface area contributed by atoms with Crippen LogP contribution in [0.15, 0.2) is 66.7 Å². The van der Waals surface area contributed by atoms with Gasteiger partial charge in [-0.25, -0.2) is 0 Å². The number of ether oxygens (including phenoxy) is 2. The molecule has 1 amide bonds. The molecule has 3 aromatic carbocycles. The van der Waals surface area contributed by atoms with Gasteiger partial charge in [0.05, 0.1) is 6.54 Å². The van der Waals surface area contributed by atoms with Crippen LogP contribution in [0.2, 0.25) is 10.0 Å². The lowest BCUT2D eigenvalue weighted by atomic mass is 9.87. The number of carboxylic acids is 1. The molecule has 0 fully saturated rings. The molecule has 0 unspecified atom stereocenters. The smallest absolute Gasteiger partial charge is 0.323 e. The van der Waals surface area contributed by atoms with Crippen molar-refractivity contribution in [3.63, 3.8) is 0 Å². The summed E-state index contributed by atoms with van der Waals surface area (Å²) in [5.74, 6) is -0.122. The third kappa shape index (κ3) is 6.71. The van der Waals surface area contributed by atoms with Gasteiger partial charge in [0.25, 0.3) is 5.91 Å². The van der Waals surface area contributed by atoms with Crippen molar-refractivity contribution in [1.29, 1.82) is 0 Å². The highest BCUT2D eigenvalue weighted by Gasteiger charge is 2.32. The summed E-state index contributed by atoms with van der Waals surface area (Å²) in [4.78, 5) is 25.9. The van der Waals surface area contributed by atoms with E-state index in [9.17, 15) is 14.7 Å². The SMILES string of the molecule is C[C@]1(Cc2ccc(Cl)cc2)CCc2cc(C(=O)N(CCOc3ccc(Cl)cc3)CC(=O)O)ccc2O1. The standard InChI is InChI=1S/C28H27Cl2NO5/c1-28(17-19-2-5-22(29)6-3-19)13-12-20-16-21(4-11-25(20)36-28)27(34)31(18-26(32)33)14-15-35-24-9-7-23(30)8-10-24/h2-11,16H,12-15,17-18H2,1H3,(H,32,33)/t28-/m1/s1. The van der Waals surface area contributed by atoms with Gasteiger partial charge < -0.3 is 19.5 Å². The average Bonchev–Trinajstić information content (AvgIpc) is 2.85. The molecule has 6 nitrogen and oxygen atoms in total. The highest BCUT2D eigenvalue weighted by atomic mass is 35.5. The Labute approximate surface area is 220 Å². The van der Waals surface area contributed by atoms with Gasteiger partial charge in [-0.05, 0) is 85.5 Å². The molecular weight excluding hydrogens is 501 g/mol. The number of benzene rings is 3. The van der Waals surface area contributed by atoms with E-state index in [4.69, 9.17) is 32.7 Å². The minimum Gasteiger partial charge on any atom is -0.492 e. The van der Waals surface area contributed by atoms with Crippen LogP contribution in [-0.4, -0.2) is 47.2 Å². The Balaban J connectivity index is 1.42. The van der Waals surface area contributed by atoms with Crippen molar-refractivity contribution in [3.8, 4) is 11.5 Å². The molecule has 36 heavy (non-hydrogen) atoms. The lowest BCUT2D eigenvalue weighted by Crippen LogP contribution is -2.39. The fraction of sp³-hybridized carbons (Fsp3) is 0.286. The van der Waals surface area contributed by atoms with Gasteiger partial charge >= 0.3 is 5.97 Å². The molecule has 0 saturated heterocycles. The first-order valence-corrected chi connectivity index (χ1v) is 12.4. The van der Waals surface area contributed by atoms with E-state index >= 15 is 0 Å². The van der Waals surface area contributed by atoms with Crippen LogP contribution in [0.5, 0.6) is 11.5 Å².